The third-order valence-electron chi connectivity index (χ3n) is 3.95. The summed E-state index contributed by atoms with van der Waals surface area (Å²) in [5.41, 5.74) is 3.93. The molecule has 0 spiro atoms. The highest BCUT2D eigenvalue weighted by Gasteiger charge is 2.22. The van der Waals surface area contributed by atoms with Crippen LogP contribution in [0.1, 0.15) is 29.7 Å². The number of ether oxygens (including phenoxy) is 1. The molecular formula is C18H20BrNO. The molecule has 1 heterocycles. The van der Waals surface area contributed by atoms with Gasteiger partial charge in [-0.15, -0.1) is 0 Å². The van der Waals surface area contributed by atoms with Gasteiger partial charge in [0.25, 0.3) is 0 Å². The van der Waals surface area contributed by atoms with Crippen molar-refractivity contribution >= 4 is 15.9 Å². The molecule has 2 aromatic rings. The number of halogens is 1. The highest BCUT2D eigenvalue weighted by molar-refractivity contribution is 9.10. The van der Waals surface area contributed by atoms with Gasteiger partial charge < -0.3 is 10.1 Å². The summed E-state index contributed by atoms with van der Waals surface area (Å²) < 4.78 is 7.04. The number of hydrogen-bond acceptors (Lipinski definition) is 2. The Kier molecular flexibility index (Phi) is 4.61. The number of benzene rings is 2. The zero-order chi connectivity index (χ0) is 14.7. The topological polar surface area (TPSA) is 21.3 Å². The van der Waals surface area contributed by atoms with Crippen LogP contribution >= 0.6 is 15.9 Å². The molecule has 1 unspecified atom stereocenters. The van der Waals surface area contributed by atoms with E-state index in [1.165, 1.54) is 21.2 Å². The Hall–Kier alpha value is -1.32. The molecule has 1 atom stereocenters. The predicted molar refractivity (Wildman–Crippen MR) is 89.9 cm³/mol. The van der Waals surface area contributed by atoms with Crippen molar-refractivity contribution in [3.05, 3.63) is 63.6 Å². The SMILES string of the molecule is CCNC(Cc1ccccc1Br)c1cccc2c1OCC2. The smallest absolute Gasteiger partial charge is 0.127 e. The Morgan fingerprint density at radius 3 is 2.86 bits per heavy atom. The van der Waals surface area contributed by atoms with E-state index in [1.807, 2.05) is 0 Å². The van der Waals surface area contributed by atoms with Gasteiger partial charge in [0.2, 0.25) is 0 Å². The Balaban J connectivity index is 1.92. The van der Waals surface area contributed by atoms with Gasteiger partial charge in [-0.3, -0.25) is 0 Å². The van der Waals surface area contributed by atoms with E-state index in [2.05, 4.69) is 70.6 Å². The predicted octanol–water partition coefficient (Wildman–Crippen LogP) is 4.28. The second-order valence-electron chi connectivity index (χ2n) is 5.34. The summed E-state index contributed by atoms with van der Waals surface area (Å²) in [6.07, 6.45) is 1.98. The minimum atomic E-state index is 0.279. The van der Waals surface area contributed by atoms with E-state index in [1.54, 1.807) is 0 Å². The molecule has 0 saturated carbocycles. The number of nitrogens with one attached hydrogen (secondary N) is 1. The van der Waals surface area contributed by atoms with Crippen molar-refractivity contribution in [2.75, 3.05) is 13.2 Å². The van der Waals surface area contributed by atoms with Crippen molar-refractivity contribution in [3.63, 3.8) is 0 Å². The maximum absolute atomic E-state index is 5.87. The second kappa shape index (κ2) is 6.63. The van der Waals surface area contributed by atoms with Crippen LogP contribution in [-0.2, 0) is 12.8 Å². The lowest BCUT2D eigenvalue weighted by atomic mass is 9.96. The zero-order valence-electron chi connectivity index (χ0n) is 12.2. The van der Waals surface area contributed by atoms with Crippen molar-refractivity contribution in [2.24, 2.45) is 0 Å². The summed E-state index contributed by atoms with van der Waals surface area (Å²) in [6, 6.07) is 15.2. The minimum absolute atomic E-state index is 0.279. The van der Waals surface area contributed by atoms with Crippen LogP contribution in [0.3, 0.4) is 0 Å². The van der Waals surface area contributed by atoms with E-state index in [-0.39, 0.29) is 6.04 Å². The van der Waals surface area contributed by atoms with Gasteiger partial charge in [0.15, 0.2) is 0 Å². The van der Waals surface area contributed by atoms with E-state index in [4.69, 9.17) is 4.74 Å². The highest BCUT2D eigenvalue weighted by Crippen LogP contribution is 2.35. The Morgan fingerprint density at radius 1 is 1.19 bits per heavy atom. The van der Waals surface area contributed by atoms with Gasteiger partial charge in [0.05, 0.1) is 6.61 Å². The molecule has 1 aliphatic rings. The number of rotatable bonds is 5. The largest absolute Gasteiger partial charge is 0.493 e. The van der Waals surface area contributed by atoms with E-state index in [0.717, 1.165) is 31.7 Å². The standard InChI is InChI=1S/C18H20BrNO/c1-2-20-17(12-14-6-3-4-9-16(14)19)15-8-5-7-13-10-11-21-18(13)15/h3-9,17,20H,2,10-12H2,1H3. The quantitative estimate of drug-likeness (QED) is 0.873. The first-order chi connectivity index (χ1) is 10.3. The van der Waals surface area contributed by atoms with Crippen molar-refractivity contribution in [2.45, 2.75) is 25.8 Å². The van der Waals surface area contributed by atoms with Crippen LogP contribution in [-0.4, -0.2) is 13.2 Å². The first-order valence-electron chi connectivity index (χ1n) is 7.51. The fraction of sp³-hybridized carbons (Fsp3) is 0.333. The van der Waals surface area contributed by atoms with Gasteiger partial charge in [-0.1, -0.05) is 59.3 Å². The molecule has 110 valence electrons. The van der Waals surface area contributed by atoms with Gasteiger partial charge in [0, 0.05) is 22.5 Å². The van der Waals surface area contributed by atoms with Crippen LogP contribution in [0.25, 0.3) is 0 Å². The molecule has 0 aliphatic carbocycles. The number of para-hydroxylation sites is 1. The summed E-state index contributed by atoms with van der Waals surface area (Å²) in [5.74, 6) is 1.09. The van der Waals surface area contributed by atoms with Crippen LogP contribution in [0, 0.1) is 0 Å². The van der Waals surface area contributed by atoms with Gasteiger partial charge in [0.1, 0.15) is 5.75 Å². The lowest BCUT2D eigenvalue weighted by Crippen LogP contribution is -2.23. The maximum atomic E-state index is 5.87. The van der Waals surface area contributed by atoms with Crippen molar-refractivity contribution < 1.29 is 4.74 Å². The molecule has 1 N–H and O–H groups in total. The van der Waals surface area contributed by atoms with Gasteiger partial charge >= 0.3 is 0 Å². The molecule has 1 aliphatic heterocycles. The number of likely N-dealkylation sites (N-methyl/N-ethyl adjacent to an activating group) is 1. The molecule has 0 saturated heterocycles. The normalized spacial score (nSPS) is 14.6. The third kappa shape index (κ3) is 3.14. The van der Waals surface area contributed by atoms with Crippen LogP contribution < -0.4 is 10.1 Å². The van der Waals surface area contributed by atoms with E-state index >= 15 is 0 Å². The Labute approximate surface area is 134 Å². The Bertz CT molecular complexity index is 626. The number of hydrogen-bond donors (Lipinski definition) is 1. The molecule has 0 radical (unpaired) electrons. The molecule has 3 rings (SSSR count). The molecular weight excluding hydrogens is 326 g/mol. The molecule has 2 nitrogen and oxygen atoms in total. The Morgan fingerprint density at radius 2 is 2.05 bits per heavy atom. The van der Waals surface area contributed by atoms with Crippen LogP contribution in [0.2, 0.25) is 0 Å². The number of fused-ring (bicyclic) bond motifs is 1. The first kappa shape index (κ1) is 14.6. The van der Waals surface area contributed by atoms with Crippen molar-refractivity contribution in [3.8, 4) is 5.75 Å². The van der Waals surface area contributed by atoms with Crippen LogP contribution in [0.15, 0.2) is 46.9 Å². The fourth-order valence-electron chi connectivity index (χ4n) is 2.94. The minimum Gasteiger partial charge on any atom is -0.493 e. The average molecular weight is 346 g/mol. The molecule has 0 fully saturated rings. The van der Waals surface area contributed by atoms with Gasteiger partial charge in [-0.25, -0.2) is 0 Å². The lowest BCUT2D eigenvalue weighted by molar-refractivity contribution is 0.348. The van der Waals surface area contributed by atoms with E-state index in [0.29, 0.717) is 0 Å². The molecule has 2 aromatic carbocycles. The van der Waals surface area contributed by atoms with E-state index < -0.39 is 0 Å². The summed E-state index contributed by atoms with van der Waals surface area (Å²) in [4.78, 5) is 0. The summed E-state index contributed by atoms with van der Waals surface area (Å²) in [5, 5.41) is 3.60. The van der Waals surface area contributed by atoms with Crippen LogP contribution in [0.5, 0.6) is 5.75 Å². The summed E-state index contributed by atoms with van der Waals surface area (Å²) in [6.45, 7) is 3.90. The van der Waals surface area contributed by atoms with Gasteiger partial charge in [-0.05, 0) is 30.2 Å². The van der Waals surface area contributed by atoms with Gasteiger partial charge in [-0.2, -0.15) is 0 Å². The lowest BCUT2D eigenvalue weighted by Gasteiger charge is -2.21. The highest BCUT2D eigenvalue weighted by atomic mass is 79.9. The zero-order valence-corrected chi connectivity index (χ0v) is 13.8. The monoisotopic (exact) mass is 345 g/mol. The van der Waals surface area contributed by atoms with Crippen molar-refractivity contribution in [1.29, 1.82) is 0 Å². The second-order valence-corrected chi connectivity index (χ2v) is 6.19. The summed E-state index contributed by atoms with van der Waals surface area (Å²) >= 11 is 3.65. The molecule has 0 aromatic heterocycles. The molecule has 0 bridgehead atoms. The van der Waals surface area contributed by atoms with E-state index in [9.17, 15) is 0 Å². The average Bonchev–Trinajstić information content (AvgIpc) is 2.97. The molecule has 3 heteroatoms. The molecule has 0 amide bonds. The van der Waals surface area contributed by atoms with Crippen LogP contribution in [0.4, 0.5) is 0 Å². The maximum Gasteiger partial charge on any atom is 0.127 e. The van der Waals surface area contributed by atoms with Crippen molar-refractivity contribution in [1.82, 2.24) is 5.32 Å². The third-order valence-corrected chi connectivity index (χ3v) is 4.73. The summed E-state index contributed by atoms with van der Waals surface area (Å²) in [7, 11) is 0. The first-order valence-corrected chi connectivity index (χ1v) is 8.30. The fourth-order valence-corrected chi connectivity index (χ4v) is 3.38. The molecule has 21 heavy (non-hydrogen) atoms.